The van der Waals surface area contributed by atoms with Crippen LogP contribution in [0.2, 0.25) is 0 Å². The van der Waals surface area contributed by atoms with Crippen molar-refractivity contribution >= 4 is 23.6 Å². The highest BCUT2D eigenvalue weighted by molar-refractivity contribution is 8.01. The summed E-state index contributed by atoms with van der Waals surface area (Å²) in [6.07, 6.45) is 2.33. The molecule has 0 aliphatic carbocycles. The average molecular weight is 357 g/mol. The highest BCUT2D eigenvalue weighted by Crippen LogP contribution is 2.40. The maximum Gasteiger partial charge on any atom is 0.259 e. The van der Waals surface area contributed by atoms with Crippen LogP contribution in [-0.2, 0) is 4.79 Å². The Morgan fingerprint density at radius 1 is 1.36 bits per heavy atom. The van der Waals surface area contributed by atoms with Gasteiger partial charge >= 0.3 is 0 Å². The molecular formula is C18H13F2N3OS. The minimum atomic E-state index is -2.80. The highest BCUT2D eigenvalue weighted by atomic mass is 32.2. The first-order chi connectivity index (χ1) is 12.0. The van der Waals surface area contributed by atoms with E-state index in [1.807, 2.05) is 0 Å². The number of hydrogen-bond acceptors (Lipinski definition) is 4. The number of aromatic nitrogens is 2. The lowest BCUT2D eigenvalue weighted by molar-refractivity contribution is -0.112. The molecule has 0 bridgehead atoms. The normalized spacial score (nSPS) is 13.6. The highest BCUT2D eigenvalue weighted by Gasteiger charge is 2.37. The molecule has 25 heavy (non-hydrogen) atoms. The maximum absolute atomic E-state index is 13.3. The smallest absolute Gasteiger partial charge is 0.259 e. The molecule has 3 aromatic rings. The van der Waals surface area contributed by atoms with E-state index in [9.17, 15) is 18.8 Å². The van der Waals surface area contributed by atoms with Gasteiger partial charge in [0.15, 0.2) is 0 Å². The number of fused-ring (bicyclic) bond motifs is 1. The second-order valence-electron chi connectivity index (χ2n) is 5.58. The monoisotopic (exact) mass is 357 g/mol. The van der Waals surface area contributed by atoms with Crippen molar-refractivity contribution in [3.8, 4) is 17.3 Å². The molecule has 1 unspecified atom stereocenters. The lowest BCUT2D eigenvalue weighted by Gasteiger charge is -2.22. The van der Waals surface area contributed by atoms with Gasteiger partial charge in [-0.05, 0) is 37.3 Å². The van der Waals surface area contributed by atoms with Crippen LogP contribution in [0.1, 0.15) is 12.5 Å². The third-order valence-corrected chi connectivity index (χ3v) is 5.16. The number of nitriles is 1. The molecule has 3 heterocycles. The fourth-order valence-electron chi connectivity index (χ4n) is 2.47. The van der Waals surface area contributed by atoms with Gasteiger partial charge in [0.05, 0.1) is 16.8 Å². The topological polar surface area (TPSA) is 58.2 Å². The van der Waals surface area contributed by atoms with Gasteiger partial charge in [-0.2, -0.15) is 5.26 Å². The zero-order valence-electron chi connectivity index (χ0n) is 13.2. The summed E-state index contributed by atoms with van der Waals surface area (Å²) in [7, 11) is 0. The number of nitrogens with zero attached hydrogens (tertiary/aromatic N) is 3. The van der Waals surface area contributed by atoms with Gasteiger partial charge in [-0.1, -0.05) is 0 Å². The van der Waals surface area contributed by atoms with Crippen molar-refractivity contribution in [2.24, 2.45) is 0 Å². The van der Waals surface area contributed by atoms with Gasteiger partial charge in [0.1, 0.15) is 17.1 Å². The first kappa shape index (κ1) is 17.1. The maximum atomic E-state index is 13.3. The van der Waals surface area contributed by atoms with Gasteiger partial charge in [-0.3, -0.25) is 4.98 Å². The predicted molar refractivity (Wildman–Crippen MR) is 91.7 cm³/mol. The molecule has 0 radical (unpaired) electrons. The van der Waals surface area contributed by atoms with Crippen LogP contribution in [0.15, 0.2) is 53.8 Å². The Kier molecular flexibility index (Phi) is 4.55. The molecule has 7 heteroatoms. The minimum absolute atomic E-state index is 0.274. The van der Waals surface area contributed by atoms with E-state index in [0.717, 1.165) is 11.8 Å². The van der Waals surface area contributed by atoms with Crippen molar-refractivity contribution in [2.45, 2.75) is 23.0 Å². The zero-order valence-corrected chi connectivity index (χ0v) is 14.0. The van der Waals surface area contributed by atoms with E-state index >= 15 is 0 Å². The van der Waals surface area contributed by atoms with Gasteiger partial charge in [-0.15, -0.1) is 11.8 Å². The first-order valence-electron chi connectivity index (χ1n) is 7.38. The molecule has 0 amide bonds. The number of carbonyl (C=O) groups is 1. The molecule has 0 N–H and O–H groups in total. The van der Waals surface area contributed by atoms with Gasteiger partial charge < -0.3 is 9.20 Å². The second-order valence-corrected chi connectivity index (χ2v) is 7.11. The fraction of sp³-hybridized carbons (Fsp3) is 0.167. The first-order valence-corrected chi connectivity index (χ1v) is 8.20. The molecule has 126 valence electrons. The van der Waals surface area contributed by atoms with Crippen LogP contribution in [0.25, 0.3) is 16.8 Å². The second kappa shape index (κ2) is 6.65. The number of thioether (sulfide) groups is 1. The minimum Gasteiger partial charge on any atom is -0.315 e. The van der Waals surface area contributed by atoms with E-state index in [4.69, 9.17) is 0 Å². The van der Waals surface area contributed by atoms with E-state index in [-0.39, 0.29) is 6.29 Å². The standard InChI is InChI=1S/C18H13F2N3OS/c1-18(11-24,17(19)20)25-16-6-7-22-10-13(16)15-5-4-12(9-21)14-3-2-8-23(14)15/h2-8,10-11,17H,1H3. The Morgan fingerprint density at radius 3 is 2.84 bits per heavy atom. The van der Waals surface area contributed by atoms with Crippen LogP contribution in [-0.4, -0.2) is 26.8 Å². The van der Waals surface area contributed by atoms with Crippen molar-refractivity contribution in [3.05, 3.63) is 54.5 Å². The van der Waals surface area contributed by atoms with Gasteiger partial charge in [-0.25, -0.2) is 8.78 Å². The summed E-state index contributed by atoms with van der Waals surface area (Å²) in [5, 5.41) is 9.21. The Bertz CT molecular complexity index is 980. The lowest BCUT2D eigenvalue weighted by atomic mass is 10.1. The van der Waals surface area contributed by atoms with Crippen LogP contribution in [0, 0.1) is 11.3 Å². The Balaban J connectivity index is 2.16. The van der Waals surface area contributed by atoms with E-state index in [1.165, 1.54) is 13.1 Å². The molecule has 0 aliphatic rings. The van der Waals surface area contributed by atoms with Gasteiger partial charge in [0.25, 0.3) is 6.43 Å². The molecule has 0 saturated heterocycles. The van der Waals surface area contributed by atoms with Crippen molar-refractivity contribution in [1.82, 2.24) is 9.38 Å². The summed E-state index contributed by atoms with van der Waals surface area (Å²) in [4.78, 5) is 15.8. The summed E-state index contributed by atoms with van der Waals surface area (Å²) in [5.74, 6) is 0. The number of alkyl halides is 2. The van der Waals surface area contributed by atoms with Gasteiger partial charge in [0, 0.05) is 29.0 Å². The van der Waals surface area contributed by atoms with Crippen LogP contribution >= 0.6 is 11.8 Å². The number of aldehydes is 1. The van der Waals surface area contributed by atoms with Crippen LogP contribution in [0.5, 0.6) is 0 Å². The molecule has 3 aromatic heterocycles. The molecular weight excluding hydrogens is 344 g/mol. The number of halogens is 2. The number of carbonyl (C=O) groups excluding carboxylic acids is 1. The summed E-state index contributed by atoms with van der Waals surface area (Å²) in [6, 6.07) is 10.8. The molecule has 3 rings (SSSR count). The molecule has 0 saturated carbocycles. The van der Waals surface area contributed by atoms with Crippen LogP contribution in [0.3, 0.4) is 0 Å². The molecule has 0 fully saturated rings. The number of hydrogen-bond donors (Lipinski definition) is 0. The Hall–Kier alpha value is -2.72. The van der Waals surface area contributed by atoms with Crippen molar-refractivity contribution in [3.63, 3.8) is 0 Å². The van der Waals surface area contributed by atoms with Crippen molar-refractivity contribution in [1.29, 1.82) is 5.26 Å². The molecule has 4 nitrogen and oxygen atoms in total. The van der Waals surface area contributed by atoms with E-state index in [0.29, 0.717) is 27.2 Å². The Morgan fingerprint density at radius 2 is 2.16 bits per heavy atom. The lowest BCUT2D eigenvalue weighted by Crippen LogP contribution is -2.31. The van der Waals surface area contributed by atoms with Crippen LogP contribution in [0.4, 0.5) is 8.78 Å². The van der Waals surface area contributed by atoms with E-state index in [2.05, 4.69) is 11.1 Å². The summed E-state index contributed by atoms with van der Waals surface area (Å²) in [5.41, 5.74) is 2.55. The van der Waals surface area contributed by atoms with E-state index < -0.39 is 11.2 Å². The van der Waals surface area contributed by atoms with Crippen molar-refractivity contribution < 1.29 is 13.6 Å². The molecule has 0 aromatic carbocycles. The molecule has 1 atom stereocenters. The summed E-state index contributed by atoms with van der Waals surface area (Å²) < 4.78 is 26.6. The quantitative estimate of drug-likeness (QED) is 0.507. The van der Waals surface area contributed by atoms with Crippen LogP contribution < -0.4 is 0 Å². The summed E-state index contributed by atoms with van der Waals surface area (Å²) >= 11 is 0.805. The number of pyridine rings is 2. The zero-order chi connectivity index (χ0) is 18.0. The van der Waals surface area contributed by atoms with Gasteiger partial charge in [0.2, 0.25) is 0 Å². The molecule has 0 aliphatic heterocycles. The third-order valence-electron chi connectivity index (χ3n) is 3.87. The van der Waals surface area contributed by atoms with Crippen molar-refractivity contribution in [2.75, 3.05) is 0 Å². The largest absolute Gasteiger partial charge is 0.315 e. The third kappa shape index (κ3) is 3.01. The fourth-order valence-corrected chi connectivity index (χ4v) is 3.48. The SMILES string of the molecule is CC(C=O)(Sc1ccncc1-c1ccc(C#N)c2cccn12)C(F)F. The Labute approximate surface area is 147 Å². The number of rotatable bonds is 5. The summed E-state index contributed by atoms with van der Waals surface area (Å²) in [6.45, 7) is 1.21. The predicted octanol–water partition coefficient (Wildman–Crippen LogP) is 4.19. The molecule has 0 spiro atoms. The average Bonchev–Trinajstić information content (AvgIpc) is 3.11. The van der Waals surface area contributed by atoms with E-state index in [1.54, 1.807) is 47.1 Å².